The van der Waals surface area contributed by atoms with E-state index in [9.17, 15) is 9.59 Å². The summed E-state index contributed by atoms with van der Waals surface area (Å²) in [5, 5.41) is 9.04. The Hall–Kier alpha value is -2.08. The summed E-state index contributed by atoms with van der Waals surface area (Å²) in [5.74, 6) is -0.481. The van der Waals surface area contributed by atoms with Crippen molar-refractivity contribution in [2.24, 2.45) is 0 Å². The molecule has 6 heteroatoms. The minimum absolute atomic E-state index is 0.0460. The number of aromatic nitrogens is 1. The fraction of sp³-hybridized carbons (Fsp3) is 0.143. The molecule has 0 unspecified atom stereocenters. The van der Waals surface area contributed by atoms with Crippen LogP contribution in [0.25, 0.3) is 0 Å². The van der Waals surface area contributed by atoms with E-state index in [1.165, 1.54) is 22.8 Å². The van der Waals surface area contributed by atoms with Gasteiger partial charge in [-0.05, 0) is 24.3 Å². The molecule has 104 valence electrons. The molecule has 0 amide bonds. The van der Waals surface area contributed by atoms with Crippen LogP contribution in [0.15, 0.2) is 51.7 Å². The topological polar surface area (TPSA) is 68.5 Å². The zero-order chi connectivity index (χ0) is 14.5. The highest BCUT2D eigenvalue weighted by molar-refractivity contribution is 9.10. The Balaban J connectivity index is 2.08. The average Bonchev–Trinajstić information content (AvgIpc) is 2.40. The highest BCUT2D eigenvalue weighted by Crippen LogP contribution is 2.17. The lowest BCUT2D eigenvalue weighted by Gasteiger charge is -2.10. The van der Waals surface area contributed by atoms with E-state index in [-0.39, 0.29) is 24.4 Å². The van der Waals surface area contributed by atoms with Gasteiger partial charge in [0.2, 0.25) is 0 Å². The summed E-state index contributed by atoms with van der Waals surface area (Å²) >= 11 is 3.33. The minimum Gasteiger partial charge on any atom is -0.492 e. The normalized spacial score (nSPS) is 10.2. The number of nitrogens with zero attached hydrogens (tertiary/aromatic N) is 1. The molecule has 20 heavy (non-hydrogen) atoms. The van der Waals surface area contributed by atoms with E-state index in [1.54, 1.807) is 12.1 Å². The zero-order valence-electron chi connectivity index (χ0n) is 10.5. The summed E-state index contributed by atoms with van der Waals surface area (Å²) < 4.78 is 7.57. The molecule has 5 nitrogen and oxygen atoms in total. The van der Waals surface area contributed by atoms with E-state index in [0.29, 0.717) is 5.75 Å². The van der Waals surface area contributed by atoms with Gasteiger partial charge in [-0.1, -0.05) is 28.1 Å². The van der Waals surface area contributed by atoms with Crippen molar-refractivity contribution in [2.45, 2.75) is 6.54 Å². The summed E-state index contributed by atoms with van der Waals surface area (Å²) in [4.78, 5) is 22.7. The molecule has 0 atom stereocenters. The standard InChI is InChI=1S/C14H12BrNO4/c15-10-3-1-4-11(9-10)20-8-7-16-12(14(18)19)5-2-6-13(16)17/h1-6,9H,7-8H2,(H,18,19). The van der Waals surface area contributed by atoms with E-state index in [0.717, 1.165) is 4.47 Å². The van der Waals surface area contributed by atoms with Gasteiger partial charge < -0.3 is 9.84 Å². The minimum atomic E-state index is -1.13. The maximum atomic E-state index is 11.7. The van der Waals surface area contributed by atoms with Crippen LogP contribution in [0.1, 0.15) is 10.5 Å². The number of halogens is 1. The van der Waals surface area contributed by atoms with E-state index in [2.05, 4.69) is 15.9 Å². The van der Waals surface area contributed by atoms with Crippen molar-refractivity contribution >= 4 is 21.9 Å². The largest absolute Gasteiger partial charge is 0.492 e. The summed E-state index contributed by atoms with van der Waals surface area (Å²) in [7, 11) is 0. The molecule has 2 aromatic rings. The van der Waals surface area contributed by atoms with Crippen molar-refractivity contribution in [2.75, 3.05) is 6.61 Å². The van der Waals surface area contributed by atoms with Crippen LogP contribution >= 0.6 is 15.9 Å². The van der Waals surface area contributed by atoms with Gasteiger partial charge in [0.15, 0.2) is 0 Å². The van der Waals surface area contributed by atoms with Gasteiger partial charge in [0.1, 0.15) is 18.1 Å². The number of carboxylic acids is 1. The van der Waals surface area contributed by atoms with E-state index >= 15 is 0 Å². The maximum Gasteiger partial charge on any atom is 0.352 e. The number of benzene rings is 1. The lowest BCUT2D eigenvalue weighted by Crippen LogP contribution is -2.27. The Morgan fingerprint density at radius 1 is 1.25 bits per heavy atom. The van der Waals surface area contributed by atoms with Crippen molar-refractivity contribution in [1.82, 2.24) is 4.57 Å². The number of rotatable bonds is 5. The summed E-state index contributed by atoms with van der Waals surface area (Å²) in [6.45, 7) is 0.383. The zero-order valence-corrected chi connectivity index (χ0v) is 12.0. The first-order chi connectivity index (χ1) is 9.58. The second kappa shape index (κ2) is 6.38. The van der Waals surface area contributed by atoms with E-state index in [4.69, 9.17) is 9.84 Å². The smallest absolute Gasteiger partial charge is 0.352 e. The fourth-order valence-electron chi connectivity index (χ4n) is 1.75. The number of ether oxygens (including phenoxy) is 1. The molecule has 1 heterocycles. The molecule has 0 aliphatic rings. The summed E-state index contributed by atoms with van der Waals surface area (Å²) in [5.41, 5.74) is -0.405. The molecule has 0 bridgehead atoms. The molecule has 0 aliphatic heterocycles. The number of pyridine rings is 1. The van der Waals surface area contributed by atoms with Gasteiger partial charge in [-0.2, -0.15) is 0 Å². The second-order valence-electron chi connectivity index (χ2n) is 4.01. The van der Waals surface area contributed by atoms with Crippen molar-refractivity contribution in [3.63, 3.8) is 0 Å². The van der Waals surface area contributed by atoms with Crippen LogP contribution in [-0.4, -0.2) is 22.2 Å². The third kappa shape index (κ3) is 3.48. The van der Waals surface area contributed by atoms with Crippen LogP contribution in [-0.2, 0) is 6.54 Å². The predicted octanol–water partition coefficient (Wildman–Crippen LogP) is 2.39. The quantitative estimate of drug-likeness (QED) is 0.909. The van der Waals surface area contributed by atoms with Crippen LogP contribution in [0, 0.1) is 0 Å². The first kappa shape index (κ1) is 14.3. The molecule has 2 rings (SSSR count). The molecule has 0 saturated carbocycles. The number of carbonyl (C=O) groups is 1. The van der Waals surface area contributed by atoms with Crippen molar-refractivity contribution in [3.05, 3.63) is 63.0 Å². The Kier molecular flexibility index (Phi) is 4.57. The SMILES string of the molecule is O=C(O)c1cccc(=O)n1CCOc1cccc(Br)c1. The molecular formula is C14H12BrNO4. The fourth-order valence-corrected chi connectivity index (χ4v) is 2.13. The van der Waals surface area contributed by atoms with Crippen molar-refractivity contribution in [3.8, 4) is 5.75 Å². The van der Waals surface area contributed by atoms with Gasteiger partial charge in [-0.25, -0.2) is 4.79 Å². The number of carboxylic acid groups (broad SMARTS) is 1. The lowest BCUT2D eigenvalue weighted by atomic mass is 10.3. The van der Waals surface area contributed by atoms with Gasteiger partial charge in [0.05, 0.1) is 6.54 Å². The highest BCUT2D eigenvalue weighted by Gasteiger charge is 2.10. The maximum absolute atomic E-state index is 11.7. The van der Waals surface area contributed by atoms with Gasteiger partial charge in [-0.3, -0.25) is 9.36 Å². The number of aromatic carboxylic acids is 1. The van der Waals surface area contributed by atoms with Crippen molar-refractivity contribution < 1.29 is 14.6 Å². The second-order valence-corrected chi connectivity index (χ2v) is 4.93. The first-order valence-corrected chi connectivity index (χ1v) is 6.69. The van der Waals surface area contributed by atoms with Crippen molar-refractivity contribution in [1.29, 1.82) is 0 Å². The molecule has 0 fully saturated rings. The molecule has 0 saturated heterocycles. The van der Waals surface area contributed by atoms with Gasteiger partial charge in [-0.15, -0.1) is 0 Å². The molecular weight excluding hydrogens is 326 g/mol. The monoisotopic (exact) mass is 337 g/mol. The van der Waals surface area contributed by atoms with Crippen LogP contribution in [0.4, 0.5) is 0 Å². The van der Waals surface area contributed by atoms with Crippen LogP contribution in [0.2, 0.25) is 0 Å². The molecule has 0 spiro atoms. The van der Waals surface area contributed by atoms with Gasteiger partial charge in [0.25, 0.3) is 5.56 Å². The molecule has 0 radical (unpaired) electrons. The van der Waals surface area contributed by atoms with Crippen LogP contribution in [0.5, 0.6) is 5.75 Å². The van der Waals surface area contributed by atoms with Gasteiger partial charge in [0, 0.05) is 10.5 Å². The molecule has 1 N–H and O–H groups in total. The lowest BCUT2D eigenvalue weighted by molar-refractivity contribution is 0.0682. The molecule has 0 aliphatic carbocycles. The number of hydrogen-bond donors (Lipinski definition) is 1. The number of hydrogen-bond acceptors (Lipinski definition) is 3. The predicted molar refractivity (Wildman–Crippen MR) is 77.3 cm³/mol. The highest BCUT2D eigenvalue weighted by atomic mass is 79.9. The summed E-state index contributed by atoms with van der Waals surface area (Å²) in [6, 6.07) is 11.4. The third-order valence-corrected chi connectivity index (χ3v) is 3.14. The summed E-state index contributed by atoms with van der Waals surface area (Å²) in [6.07, 6.45) is 0. The average molecular weight is 338 g/mol. The van der Waals surface area contributed by atoms with Gasteiger partial charge >= 0.3 is 5.97 Å². The van der Waals surface area contributed by atoms with Crippen LogP contribution in [0.3, 0.4) is 0 Å². The molecule has 1 aromatic carbocycles. The van der Waals surface area contributed by atoms with E-state index < -0.39 is 5.97 Å². The Morgan fingerprint density at radius 2 is 2.00 bits per heavy atom. The molecule has 1 aromatic heterocycles. The Bertz CT molecular complexity index is 681. The van der Waals surface area contributed by atoms with E-state index in [1.807, 2.05) is 12.1 Å². The Morgan fingerprint density at radius 3 is 2.70 bits per heavy atom. The third-order valence-electron chi connectivity index (χ3n) is 2.65. The first-order valence-electron chi connectivity index (χ1n) is 5.89. The Labute approximate surface area is 123 Å². The van der Waals surface area contributed by atoms with Crippen LogP contribution < -0.4 is 10.3 Å².